The molecule has 10 heteroatoms. The minimum Gasteiger partial charge on any atom is -0.382 e. The predicted octanol–water partition coefficient (Wildman–Crippen LogP) is -0.909. The molecule has 1 aliphatic rings. The first-order chi connectivity index (χ1) is 9.97. The van der Waals surface area contributed by atoms with Crippen LogP contribution < -0.4 is 27.8 Å². The molecule has 0 saturated carbocycles. The molecule has 114 valence electrons. The maximum absolute atomic E-state index is 12.0. The van der Waals surface area contributed by atoms with Crippen molar-refractivity contribution in [3.8, 4) is 0 Å². The van der Waals surface area contributed by atoms with Gasteiger partial charge in [0.25, 0.3) is 5.91 Å². The number of nitrogens with two attached hydrogens (primary N) is 3. The molecule has 8 N–H and O–H groups in total. The fourth-order valence-corrected chi connectivity index (χ4v) is 2.08. The highest BCUT2D eigenvalue weighted by atomic mass is 35.5. The third kappa shape index (κ3) is 3.92. The topological polar surface area (TPSA) is 157 Å². The average Bonchev–Trinajstić information content (AvgIpc) is 2.43. The highest BCUT2D eigenvalue weighted by molar-refractivity contribution is 6.31. The zero-order valence-electron chi connectivity index (χ0n) is 11.3. The van der Waals surface area contributed by atoms with Crippen LogP contribution in [0.25, 0.3) is 0 Å². The summed E-state index contributed by atoms with van der Waals surface area (Å²) in [5, 5.41) is 5.51. The lowest BCUT2D eigenvalue weighted by molar-refractivity contribution is 0.0972. The molecule has 0 spiro atoms. The first-order valence-electron chi connectivity index (χ1n) is 6.41. The van der Waals surface area contributed by atoms with Gasteiger partial charge in [-0.3, -0.25) is 10.1 Å². The fourth-order valence-electron chi connectivity index (χ4n) is 1.96. The van der Waals surface area contributed by atoms with Crippen molar-refractivity contribution in [3.05, 3.63) is 10.8 Å². The minimum atomic E-state index is -0.632. The molecule has 1 aromatic rings. The lowest BCUT2D eigenvalue weighted by Crippen LogP contribution is -2.41. The number of piperidine rings is 1. The normalized spacial score (nSPS) is 19.3. The maximum atomic E-state index is 12.0. The maximum Gasteiger partial charge on any atom is 0.280 e. The van der Waals surface area contributed by atoms with Crippen LogP contribution in [-0.2, 0) is 0 Å². The van der Waals surface area contributed by atoms with E-state index in [4.69, 9.17) is 28.8 Å². The number of rotatable bonds is 2. The third-order valence-electron chi connectivity index (χ3n) is 2.95. The van der Waals surface area contributed by atoms with Crippen LogP contribution in [-0.4, -0.2) is 41.0 Å². The number of nitrogens with one attached hydrogen (secondary N) is 2. The van der Waals surface area contributed by atoms with Crippen LogP contribution in [0.3, 0.4) is 0 Å². The van der Waals surface area contributed by atoms with E-state index in [0.29, 0.717) is 0 Å². The van der Waals surface area contributed by atoms with E-state index in [1.54, 1.807) is 0 Å². The molecule has 1 fully saturated rings. The average molecular weight is 313 g/mol. The Morgan fingerprint density at radius 1 is 1.38 bits per heavy atom. The second kappa shape index (κ2) is 6.55. The molecule has 1 saturated heterocycles. The Kier molecular flexibility index (Phi) is 4.76. The van der Waals surface area contributed by atoms with Gasteiger partial charge in [-0.15, -0.1) is 0 Å². The van der Waals surface area contributed by atoms with Gasteiger partial charge in [0.1, 0.15) is 0 Å². The van der Waals surface area contributed by atoms with Gasteiger partial charge < -0.3 is 22.5 Å². The van der Waals surface area contributed by atoms with Crippen LogP contribution in [0.4, 0.5) is 11.6 Å². The zero-order chi connectivity index (χ0) is 15.4. The van der Waals surface area contributed by atoms with Crippen LogP contribution in [0.2, 0.25) is 5.15 Å². The van der Waals surface area contributed by atoms with Gasteiger partial charge in [0.15, 0.2) is 28.4 Å². The van der Waals surface area contributed by atoms with Crippen LogP contribution in [0.1, 0.15) is 23.3 Å². The lowest BCUT2D eigenvalue weighted by atomic mass is 10.1. The molecular formula is C11H17ClN8O. The lowest BCUT2D eigenvalue weighted by Gasteiger charge is -2.19. The summed E-state index contributed by atoms with van der Waals surface area (Å²) in [6, 6.07) is 0.0393. The molecule has 2 heterocycles. The van der Waals surface area contributed by atoms with E-state index in [0.717, 1.165) is 25.9 Å². The van der Waals surface area contributed by atoms with Crippen molar-refractivity contribution in [1.82, 2.24) is 20.6 Å². The molecule has 0 unspecified atom stereocenters. The quantitative estimate of drug-likeness (QED) is 0.349. The summed E-state index contributed by atoms with van der Waals surface area (Å²) in [5.41, 5.74) is 16.6. The van der Waals surface area contributed by atoms with Crippen molar-refractivity contribution in [2.45, 2.75) is 18.9 Å². The van der Waals surface area contributed by atoms with Gasteiger partial charge in [0.05, 0.1) is 6.04 Å². The van der Waals surface area contributed by atoms with Crippen molar-refractivity contribution < 1.29 is 4.79 Å². The van der Waals surface area contributed by atoms with E-state index in [1.165, 1.54) is 0 Å². The highest BCUT2D eigenvalue weighted by Gasteiger charge is 2.18. The Morgan fingerprint density at radius 3 is 2.81 bits per heavy atom. The molecule has 2 rings (SSSR count). The van der Waals surface area contributed by atoms with Gasteiger partial charge in [0, 0.05) is 6.54 Å². The Morgan fingerprint density at radius 2 is 2.14 bits per heavy atom. The molecular weight excluding hydrogens is 296 g/mol. The van der Waals surface area contributed by atoms with E-state index >= 15 is 0 Å². The molecule has 1 amide bonds. The number of aliphatic imine (C=N–C) groups is 1. The van der Waals surface area contributed by atoms with Crippen LogP contribution >= 0.6 is 11.6 Å². The van der Waals surface area contributed by atoms with Gasteiger partial charge in [-0.1, -0.05) is 11.6 Å². The Balaban J connectivity index is 2.07. The Bertz CT molecular complexity index is 570. The van der Waals surface area contributed by atoms with Gasteiger partial charge in [-0.2, -0.15) is 0 Å². The number of carbonyl (C=O) groups excluding carboxylic acids is 1. The van der Waals surface area contributed by atoms with E-state index in [1.807, 2.05) is 0 Å². The third-order valence-corrected chi connectivity index (χ3v) is 3.23. The van der Waals surface area contributed by atoms with Crippen LogP contribution in [0.5, 0.6) is 0 Å². The summed E-state index contributed by atoms with van der Waals surface area (Å²) < 4.78 is 0. The van der Waals surface area contributed by atoms with E-state index in [2.05, 4.69) is 25.6 Å². The summed E-state index contributed by atoms with van der Waals surface area (Å²) in [5.74, 6) is -0.795. The SMILES string of the molecule is NC(=N[C@@H]1CCCNC1)NC(=O)c1nc(Cl)c(N)nc1N. The first-order valence-corrected chi connectivity index (χ1v) is 6.79. The van der Waals surface area contributed by atoms with E-state index < -0.39 is 5.91 Å². The van der Waals surface area contributed by atoms with E-state index in [9.17, 15) is 4.79 Å². The van der Waals surface area contributed by atoms with Crippen molar-refractivity contribution in [2.75, 3.05) is 24.6 Å². The Hall–Kier alpha value is -2.13. The molecule has 9 nitrogen and oxygen atoms in total. The highest BCUT2D eigenvalue weighted by Crippen LogP contribution is 2.17. The van der Waals surface area contributed by atoms with Crippen molar-refractivity contribution in [1.29, 1.82) is 0 Å². The number of carbonyl (C=O) groups is 1. The predicted molar refractivity (Wildman–Crippen MR) is 80.8 cm³/mol. The number of aromatic nitrogens is 2. The number of amides is 1. The first kappa shape index (κ1) is 15.3. The van der Waals surface area contributed by atoms with Gasteiger partial charge in [-0.05, 0) is 19.4 Å². The number of hydrogen-bond acceptors (Lipinski definition) is 7. The summed E-state index contributed by atoms with van der Waals surface area (Å²) in [7, 11) is 0. The van der Waals surface area contributed by atoms with Crippen molar-refractivity contribution in [2.24, 2.45) is 10.7 Å². The molecule has 1 aromatic heterocycles. The summed E-state index contributed by atoms with van der Waals surface area (Å²) in [4.78, 5) is 23.8. The number of guanidine groups is 1. The number of halogens is 1. The summed E-state index contributed by atoms with van der Waals surface area (Å²) in [6.45, 7) is 1.69. The van der Waals surface area contributed by atoms with Crippen molar-refractivity contribution in [3.63, 3.8) is 0 Å². The second-order valence-corrected chi connectivity index (χ2v) is 4.96. The van der Waals surface area contributed by atoms with Crippen LogP contribution in [0.15, 0.2) is 4.99 Å². The fraction of sp³-hybridized carbons (Fsp3) is 0.455. The molecule has 1 atom stereocenters. The summed E-state index contributed by atoms with van der Waals surface area (Å²) in [6.07, 6.45) is 1.93. The smallest absolute Gasteiger partial charge is 0.280 e. The second-order valence-electron chi connectivity index (χ2n) is 4.60. The molecule has 1 aliphatic heterocycles. The molecule has 0 aliphatic carbocycles. The molecule has 0 radical (unpaired) electrons. The van der Waals surface area contributed by atoms with Gasteiger partial charge in [-0.25, -0.2) is 15.0 Å². The number of nitrogens with zero attached hydrogens (tertiary/aromatic N) is 3. The van der Waals surface area contributed by atoms with Gasteiger partial charge in [0.2, 0.25) is 0 Å². The standard InChI is InChI=1S/C11H17ClN8O/c12-7-9(14)19-8(13)6(18-7)10(21)20-11(15)17-5-2-1-3-16-4-5/h5,16H,1-4H2,(H4,13,14,19)(H3,15,17,20,21)/t5-/m1/s1. The minimum absolute atomic E-state index is 0.00264. The number of hydrogen-bond donors (Lipinski definition) is 5. The molecule has 0 bridgehead atoms. The largest absolute Gasteiger partial charge is 0.382 e. The monoisotopic (exact) mass is 312 g/mol. The zero-order valence-corrected chi connectivity index (χ0v) is 12.0. The van der Waals surface area contributed by atoms with E-state index in [-0.39, 0.29) is 34.5 Å². The van der Waals surface area contributed by atoms with Crippen molar-refractivity contribution >= 4 is 35.1 Å². The molecule has 0 aromatic carbocycles. The molecule has 21 heavy (non-hydrogen) atoms. The summed E-state index contributed by atoms with van der Waals surface area (Å²) >= 11 is 5.72. The number of nitrogen functional groups attached to an aromatic ring is 2. The van der Waals surface area contributed by atoms with Crippen LogP contribution in [0, 0.1) is 0 Å². The Labute approximate surface area is 126 Å². The van der Waals surface area contributed by atoms with Gasteiger partial charge >= 0.3 is 0 Å². The number of anilines is 2.